The van der Waals surface area contributed by atoms with Crippen LogP contribution in [0, 0.1) is 0 Å². The molecule has 6 heteroatoms. The predicted molar refractivity (Wildman–Crippen MR) is 74.3 cm³/mol. The first-order chi connectivity index (χ1) is 9.20. The van der Waals surface area contributed by atoms with Gasteiger partial charge in [-0.25, -0.2) is 9.78 Å². The van der Waals surface area contributed by atoms with E-state index in [2.05, 4.69) is 15.3 Å². The van der Waals surface area contributed by atoms with Crippen molar-refractivity contribution in [2.24, 2.45) is 0 Å². The summed E-state index contributed by atoms with van der Waals surface area (Å²) in [7, 11) is 0. The first-order valence-electron chi connectivity index (χ1n) is 5.99. The number of hydrogen-bond donors (Lipinski definition) is 1. The Balaban J connectivity index is 2.02. The Morgan fingerprint density at radius 3 is 2.89 bits per heavy atom. The highest BCUT2D eigenvalue weighted by Crippen LogP contribution is 2.22. The number of carbonyl (C=O) groups excluding carboxylic acids is 1. The Morgan fingerprint density at radius 2 is 2.21 bits per heavy atom. The third kappa shape index (κ3) is 3.51. The Hall–Kier alpha value is -1.95. The zero-order chi connectivity index (χ0) is 13.7. The van der Waals surface area contributed by atoms with Crippen molar-refractivity contribution in [2.45, 2.75) is 19.9 Å². The number of anilines is 1. The van der Waals surface area contributed by atoms with Crippen LogP contribution in [0.2, 0.25) is 0 Å². The average Bonchev–Trinajstić information content (AvgIpc) is 2.88. The minimum absolute atomic E-state index is 0.101. The SMILES string of the molecule is CCOC(=O)c1csc(NC(C)c2ccncc2)n1. The molecule has 0 aliphatic rings. The number of nitrogens with zero attached hydrogens (tertiary/aromatic N) is 2. The van der Waals surface area contributed by atoms with E-state index in [0.717, 1.165) is 5.56 Å². The third-order valence-electron chi connectivity index (χ3n) is 2.53. The predicted octanol–water partition coefficient (Wildman–Crippen LogP) is 2.89. The summed E-state index contributed by atoms with van der Waals surface area (Å²) < 4.78 is 4.90. The van der Waals surface area contributed by atoms with Crippen LogP contribution in [0.25, 0.3) is 0 Å². The van der Waals surface area contributed by atoms with Crippen molar-refractivity contribution in [1.82, 2.24) is 9.97 Å². The fourth-order valence-corrected chi connectivity index (χ4v) is 2.33. The molecule has 0 aliphatic heterocycles. The van der Waals surface area contributed by atoms with Crippen LogP contribution in [-0.2, 0) is 4.74 Å². The van der Waals surface area contributed by atoms with E-state index in [9.17, 15) is 4.79 Å². The van der Waals surface area contributed by atoms with Gasteiger partial charge in [0.05, 0.1) is 12.6 Å². The molecule has 2 aromatic heterocycles. The number of rotatable bonds is 5. The van der Waals surface area contributed by atoms with Gasteiger partial charge >= 0.3 is 5.97 Å². The smallest absolute Gasteiger partial charge is 0.357 e. The first-order valence-corrected chi connectivity index (χ1v) is 6.87. The van der Waals surface area contributed by atoms with Gasteiger partial charge in [0.25, 0.3) is 0 Å². The molecule has 1 atom stereocenters. The summed E-state index contributed by atoms with van der Waals surface area (Å²) in [5.41, 5.74) is 1.46. The number of aromatic nitrogens is 2. The molecule has 0 fully saturated rings. The maximum Gasteiger partial charge on any atom is 0.357 e. The molecule has 0 bridgehead atoms. The number of ether oxygens (including phenoxy) is 1. The lowest BCUT2D eigenvalue weighted by Crippen LogP contribution is -2.08. The fourth-order valence-electron chi connectivity index (χ4n) is 1.56. The van der Waals surface area contributed by atoms with E-state index in [4.69, 9.17) is 4.74 Å². The van der Waals surface area contributed by atoms with Crippen LogP contribution in [0.5, 0.6) is 0 Å². The lowest BCUT2D eigenvalue weighted by atomic mass is 10.1. The molecular weight excluding hydrogens is 262 g/mol. The number of pyridine rings is 1. The molecule has 2 rings (SSSR count). The number of nitrogens with one attached hydrogen (secondary N) is 1. The van der Waals surface area contributed by atoms with Crippen LogP contribution < -0.4 is 5.32 Å². The monoisotopic (exact) mass is 277 g/mol. The zero-order valence-corrected chi connectivity index (χ0v) is 11.6. The van der Waals surface area contributed by atoms with Crippen LogP contribution in [-0.4, -0.2) is 22.5 Å². The summed E-state index contributed by atoms with van der Waals surface area (Å²) in [4.78, 5) is 19.7. The fraction of sp³-hybridized carbons (Fsp3) is 0.308. The van der Waals surface area contributed by atoms with Crippen LogP contribution in [0.1, 0.15) is 35.9 Å². The topological polar surface area (TPSA) is 64.1 Å². The van der Waals surface area contributed by atoms with Crippen LogP contribution in [0.15, 0.2) is 29.9 Å². The molecule has 2 heterocycles. The Morgan fingerprint density at radius 1 is 1.47 bits per heavy atom. The summed E-state index contributed by atoms with van der Waals surface area (Å²) in [6.45, 7) is 4.16. The van der Waals surface area contributed by atoms with Gasteiger partial charge in [-0.2, -0.15) is 0 Å². The molecule has 1 N–H and O–H groups in total. The van der Waals surface area contributed by atoms with E-state index in [1.165, 1.54) is 11.3 Å². The van der Waals surface area contributed by atoms with E-state index in [-0.39, 0.29) is 12.0 Å². The minimum atomic E-state index is -0.386. The quantitative estimate of drug-likeness (QED) is 0.851. The third-order valence-corrected chi connectivity index (χ3v) is 3.31. The average molecular weight is 277 g/mol. The molecule has 0 amide bonds. The van der Waals surface area contributed by atoms with Crippen molar-refractivity contribution in [3.8, 4) is 0 Å². The molecule has 0 saturated carbocycles. The van der Waals surface area contributed by atoms with Gasteiger partial charge in [0, 0.05) is 17.8 Å². The molecule has 19 heavy (non-hydrogen) atoms. The van der Waals surface area contributed by atoms with Gasteiger partial charge in [-0.1, -0.05) is 0 Å². The number of hydrogen-bond acceptors (Lipinski definition) is 6. The largest absolute Gasteiger partial charge is 0.461 e. The lowest BCUT2D eigenvalue weighted by molar-refractivity contribution is 0.0520. The molecule has 1 unspecified atom stereocenters. The van der Waals surface area contributed by atoms with E-state index in [0.29, 0.717) is 17.4 Å². The maximum atomic E-state index is 11.5. The van der Waals surface area contributed by atoms with Gasteiger partial charge in [-0.3, -0.25) is 4.98 Å². The standard InChI is InChI=1S/C13H15N3O2S/c1-3-18-12(17)11-8-19-13(16-11)15-9(2)10-4-6-14-7-5-10/h4-9H,3H2,1-2H3,(H,15,16). The van der Waals surface area contributed by atoms with E-state index in [1.807, 2.05) is 19.1 Å². The first kappa shape index (κ1) is 13.5. The molecule has 0 saturated heterocycles. The summed E-state index contributed by atoms with van der Waals surface area (Å²) in [6.07, 6.45) is 3.50. The van der Waals surface area contributed by atoms with E-state index in [1.54, 1.807) is 24.7 Å². The van der Waals surface area contributed by atoms with E-state index < -0.39 is 0 Å². The number of thiazole rings is 1. The Kier molecular flexibility index (Phi) is 4.46. The van der Waals surface area contributed by atoms with Gasteiger partial charge in [-0.15, -0.1) is 11.3 Å². The Labute approximate surface area is 115 Å². The van der Waals surface area contributed by atoms with Crippen molar-refractivity contribution in [1.29, 1.82) is 0 Å². The van der Waals surface area contributed by atoms with Gasteiger partial charge in [0.1, 0.15) is 0 Å². The van der Waals surface area contributed by atoms with Crippen molar-refractivity contribution < 1.29 is 9.53 Å². The molecule has 0 aromatic carbocycles. The van der Waals surface area contributed by atoms with Crippen molar-refractivity contribution in [3.05, 3.63) is 41.2 Å². The highest BCUT2D eigenvalue weighted by molar-refractivity contribution is 7.13. The summed E-state index contributed by atoms with van der Waals surface area (Å²) in [6, 6.07) is 3.99. The van der Waals surface area contributed by atoms with Crippen LogP contribution in [0.3, 0.4) is 0 Å². The van der Waals surface area contributed by atoms with Crippen molar-refractivity contribution >= 4 is 22.4 Å². The second-order valence-electron chi connectivity index (χ2n) is 3.90. The molecule has 0 radical (unpaired) electrons. The molecule has 100 valence electrons. The normalized spacial score (nSPS) is 11.9. The highest BCUT2D eigenvalue weighted by atomic mass is 32.1. The summed E-state index contributed by atoms with van der Waals surface area (Å²) >= 11 is 1.39. The summed E-state index contributed by atoms with van der Waals surface area (Å²) in [5, 5.41) is 5.64. The second kappa shape index (κ2) is 6.29. The number of carbonyl (C=O) groups is 1. The lowest BCUT2D eigenvalue weighted by Gasteiger charge is -2.12. The molecular formula is C13H15N3O2S. The van der Waals surface area contributed by atoms with Gasteiger partial charge in [0.2, 0.25) is 0 Å². The van der Waals surface area contributed by atoms with Crippen molar-refractivity contribution in [3.63, 3.8) is 0 Å². The van der Waals surface area contributed by atoms with Gasteiger partial charge in [0.15, 0.2) is 10.8 Å². The summed E-state index contributed by atoms with van der Waals surface area (Å²) in [5.74, 6) is -0.386. The van der Waals surface area contributed by atoms with Gasteiger partial charge in [-0.05, 0) is 31.5 Å². The van der Waals surface area contributed by atoms with Crippen molar-refractivity contribution in [2.75, 3.05) is 11.9 Å². The molecule has 2 aromatic rings. The second-order valence-corrected chi connectivity index (χ2v) is 4.76. The minimum Gasteiger partial charge on any atom is -0.461 e. The highest BCUT2D eigenvalue weighted by Gasteiger charge is 2.13. The van der Waals surface area contributed by atoms with E-state index >= 15 is 0 Å². The Bertz CT molecular complexity index is 542. The molecule has 0 aliphatic carbocycles. The number of esters is 1. The zero-order valence-electron chi connectivity index (χ0n) is 10.8. The van der Waals surface area contributed by atoms with Gasteiger partial charge < -0.3 is 10.1 Å². The molecule has 5 nitrogen and oxygen atoms in total. The maximum absolute atomic E-state index is 11.5. The van der Waals surface area contributed by atoms with Crippen LogP contribution in [0.4, 0.5) is 5.13 Å². The van der Waals surface area contributed by atoms with Crippen LogP contribution >= 0.6 is 11.3 Å². The molecule has 0 spiro atoms.